The zero-order chi connectivity index (χ0) is 15.4. The number of carbonyl (C=O) groups is 2. The second kappa shape index (κ2) is 6.56. The van der Waals surface area contributed by atoms with Gasteiger partial charge in [0.15, 0.2) is 0 Å². The Labute approximate surface area is 122 Å². The summed E-state index contributed by atoms with van der Waals surface area (Å²) in [7, 11) is 1.43. The van der Waals surface area contributed by atoms with E-state index in [1.165, 1.54) is 25.3 Å². The summed E-state index contributed by atoms with van der Waals surface area (Å²) in [5.41, 5.74) is 0.394. The number of carbonyl (C=O) groups excluding carboxylic acids is 1. The fraction of sp³-hybridized carbons (Fsp3) is 0.467. The molecule has 0 spiro atoms. The fourth-order valence-electron chi connectivity index (χ4n) is 2.21. The number of hydrogen-bond donors (Lipinski definition) is 2. The van der Waals surface area contributed by atoms with Crippen molar-refractivity contribution in [3.63, 3.8) is 0 Å². The minimum atomic E-state index is -1.04. The Morgan fingerprint density at radius 2 is 2.19 bits per heavy atom. The molecular weight excluding hydrogens is 277 g/mol. The lowest BCUT2D eigenvalue weighted by Crippen LogP contribution is -2.41. The first-order chi connectivity index (χ1) is 9.99. The molecule has 5 nitrogen and oxygen atoms in total. The average Bonchev–Trinajstić information content (AvgIpc) is 3.22. The van der Waals surface area contributed by atoms with Crippen molar-refractivity contribution >= 4 is 11.9 Å². The Balaban J connectivity index is 1.99. The maximum Gasteiger partial charge on any atom is 0.326 e. The third kappa shape index (κ3) is 4.44. The van der Waals surface area contributed by atoms with Gasteiger partial charge in [0.25, 0.3) is 0 Å². The summed E-state index contributed by atoms with van der Waals surface area (Å²) in [6, 6.07) is 3.02. The first-order valence-corrected chi connectivity index (χ1v) is 6.84. The Bertz CT molecular complexity index is 542. The first kappa shape index (κ1) is 15.3. The fourth-order valence-corrected chi connectivity index (χ4v) is 2.21. The quantitative estimate of drug-likeness (QED) is 0.803. The summed E-state index contributed by atoms with van der Waals surface area (Å²) in [4.78, 5) is 23.1. The first-order valence-electron chi connectivity index (χ1n) is 6.84. The normalized spacial score (nSPS) is 15.3. The number of benzene rings is 1. The number of aliphatic carboxylic acids is 1. The molecule has 1 aliphatic rings. The molecule has 1 saturated carbocycles. The molecule has 1 unspecified atom stereocenters. The van der Waals surface area contributed by atoms with E-state index in [0.29, 0.717) is 23.7 Å². The molecule has 0 bridgehead atoms. The average molecular weight is 295 g/mol. The highest BCUT2D eigenvalue weighted by Gasteiger charge is 2.30. The molecule has 114 valence electrons. The zero-order valence-electron chi connectivity index (χ0n) is 11.8. The number of nitrogens with one attached hydrogen (secondary N) is 1. The number of carboxylic acids is 1. The molecule has 1 amide bonds. The van der Waals surface area contributed by atoms with Gasteiger partial charge in [-0.25, -0.2) is 9.18 Å². The molecule has 1 atom stereocenters. The van der Waals surface area contributed by atoms with Gasteiger partial charge in [0, 0.05) is 5.56 Å². The second-order valence-corrected chi connectivity index (χ2v) is 5.27. The molecule has 1 aromatic carbocycles. The van der Waals surface area contributed by atoms with Crippen LogP contribution in [0.3, 0.4) is 0 Å². The highest BCUT2D eigenvalue weighted by atomic mass is 19.1. The number of ether oxygens (including phenoxy) is 1. The van der Waals surface area contributed by atoms with Gasteiger partial charge in [-0.15, -0.1) is 0 Å². The van der Waals surface area contributed by atoms with E-state index in [9.17, 15) is 14.0 Å². The number of rotatable bonds is 7. The molecule has 6 heteroatoms. The van der Waals surface area contributed by atoms with E-state index in [0.717, 1.165) is 12.8 Å². The van der Waals surface area contributed by atoms with E-state index in [2.05, 4.69) is 5.32 Å². The summed E-state index contributed by atoms with van der Waals surface area (Å²) in [6.45, 7) is 0. The van der Waals surface area contributed by atoms with Crippen molar-refractivity contribution in [3.8, 4) is 5.75 Å². The van der Waals surface area contributed by atoms with Gasteiger partial charge in [-0.1, -0.05) is 12.8 Å². The molecule has 2 rings (SSSR count). The smallest absolute Gasteiger partial charge is 0.326 e. The van der Waals surface area contributed by atoms with Gasteiger partial charge in [0.1, 0.15) is 17.6 Å². The van der Waals surface area contributed by atoms with Crippen LogP contribution in [0.2, 0.25) is 0 Å². The molecule has 1 fully saturated rings. The second-order valence-electron chi connectivity index (χ2n) is 5.27. The highest BCUT2D eigenvalue weighted by molar-refractivity contribution is 5.85. The Kier molecular flexibility index (Phi) is 4.77. The minimum Gasteiger partial charge on any atom is -0.496 e. The van der Waals surface area contributed by atoms with E-state index < -0.39 is 23.7 Å². The van der Waals surface area contributed by atoms with Crippen LogP contribution < -0.4 is 10.1 Å². The van der Waals surface area contributed by atoms with Gasteiger partial charge in [-0.2, -0.15) is 0 Å². The topological polar surface area (TPSA) is 75.6 Å². The molecule has 0 radical (unpaired) electrons. The van der Waals surface area contributed by atoms with Gasteiger partial charge in [0.2, 0.25) is 5.91 Å². The summed E-state index contributed by atoms with van der Waals surface area (Å²) in [6.07, 6.45) is 2.35. The number of amides is 1. The predicted molar refractivity (Wildman–Crippen MR) is 73.6 cm³/mol. The molecule has 21 heavy (non-hydrogen) atoms. The van der Waals surface area contributed by atoms with Crippen LogP contribution in [0.5, 0.6) is 5.75 Å². The van der Waals surface area contributed by atoms with E-state index in [4.69, 9.17) is 9.84 Å². The lowest BCUT2D eigenvalue weighted by molar-refractivity contribution is -0.142. The SMILES string of the molecule is COc1ccc(F)cc1CC(=O)NC(CC1CC1)C(=O)O. The summed E-state index contributed by atoms with van der Waals surface area (Å²) < 4.78 is 18.3. The van der Waals surface area contributed by atoms with Crippen LogP contribution in [0, 0.1) is 11.7 Å². The van der Waals surface area contributed by atoms with E-state index >= 15 is 0 Å². The predicted octanol–water partition coefficient (Wildman–Crippen LogP) is 1.75. The summed E-state index contributed by atoms with van der Waals surface area (Å²) in [5.74, 6) is -1.17. The van der Waals surface area contributed by atoms with Crippen molar-refractivity contribution in [2.75, 3.05) is 7.11 Å². The standard InChI is InChI=1S/C15H18FNO4/c1-21-13-5-4-11(16)7-10(13)8-14(18)17-12(15(19)20)6-9-2-3-9/h4-5,7,9,12H,2-3,6,8H2,1H3,(H,17,18)(H,19,20). The Hall–Kier alpha value is -2.11. The van der Waals surface area contributed by atoms with E-state index in [1.807, 2.05) is 0 Å². The van der Waals surface area contributed by atoms with Crippen LogP contribution in [-0.2, 0) is 16.0 Å². The maximum absolute atomic E-state index is 13.2. The monoisotopic (exact) mass is 295 g/mol. The molecular formula is C15H18FNO4. The van der Waals surface area contributed by atoms with Crippen LogP contribution in [-0.4, -0.2) is 30.1 Å². The van der Waals surface area contributed by atoms with Crippen LogP contribution >= 0.6 is 0 Å². The van der Waals surface area contributed by atoms with Gasteiger partial charge in [0.05, 0.1) is 13.5 Å². The van der Waals surface area contributed by atoms with E-state index in [1.54, 1.807) is 0 Å². The maximum atomic E-state index is 13.2. The third-order valence-corrected chi connectivity index (χ3v) is 3.49. The van der Waals surface area contributed by atoms with Crippen LogP contribution in [0.4, 0.5) is 4.39 Å². The minimum absolute atomic E-state index is 0.116. The lowest BCUT2D eigenvalue weighted by atomic mass is 10.1. The summed E-state index contributed by atoms with van der Waals surface area (Å²) >= 11 is 0. The Morgan fingerprint density at radius 3 is 2.76 bits per heavy atom. The largest absolute Gasteiger partial charge is 0.496 e. The van der Waals surface area contributed by atoms with Crippen molar-refractivity contribution in [2.45, 2.75) is 31.7 Å². The Morgan fingerprint density at radius 1 is 1.48 bits per heavy atom. The highest BCUT2D eigenvalue weighted by Crippen LogP contribution is 2.33. The molecule has 1 aliphatic carbocycles. The van der Waals surface area contributed by atoms with Crippen LogP contribution in [0.25, 0.3) is 0 Å². The van der Waals surface area contributed by atoms with Crippen molar-refractivity contribution in [3.05, 3.63) is 29.6 Å². The van der Waals surface area contributed by atoms with Gasteiger partial charge in [-0.05, 0) is 30.5 Å². The number of hydrogen-bond acceptors (Lipinski definition) is 3. The third-order valence-electron chi connectivity index (χ3n) is 3.49. The zero-order valence-corrected chi connectivity index (χ0v) is 11.8. The summed E-state index contributed by atoms with van der Waals surface area (Å²) in [5, 5.41) is 11.6. The van der Waals surface area contributed by atoms with Crippen molar-refractivity contribution in [2.24, 2.45) is 5.92 Å². The molecule has 0 heterocycles. The molecule has 0 aromatic heterocycles. The number of halogens is 1. The van der Waals surface area contributed by atoms with Gasteiger partial charge >= 0.3 is 5.97 Å². The lowest BCUT2D eigenvalue weighted by Gasteiger charge is -2.15. The molecule has 2 N–H and O–H groups in total. The van der Waals surface area contributed by atoms with Crippen LogP contribution in [0.15, 0.2) is 18.2 Å². The number of carboxylic acid groups (broad SMARTS) is 1. The molecule has 0 saturated heterocycles. The van der Waals surface area contributed by atoms with Crippen molar-refractivity contribution in [1.82, 2.24) is 5.32 Å². The van der Waals surface area contributed by atoms with Crippen molar-refractivity contribution < 1.29 is 23.8 Å². The number of methoxy groups -OCH3 is 1. The molecule has 0 aliphatic heterocycles. The molecule has 1 aromatic rings. The van der Waals surface area contributed by atoms with Gasteiger partial charge in [-0.3, -0.25) is 4.79 Å². The van der Waals surface area contributed by atoms with E-state index in [-0.39, 0.29) is 6.42 Å². The van der Waals surface area contributed by atoms with Crippen LogP contribution in [0.1, 0.15) is 24.8 Å². The van der Waals surface area contributed by atoms with Crippen molar-refractivity contribution in [1.29, 1.82) is 0 Å². The van der Waals surface area contributed by atoms with Gasteiger partial charge < -0.3 is 15.2 Å².